The molecule has 2 heterocycles. The molecule has 1 aliphatic rings. The van der Waals surface area contributed by atoms with Crippen LogP contribution in [0.15, 0.2) is 6.20 Å². The molecule has 1 atom stereocenters. The highest BCUT2D eigenvalue weighted by molar-refractivity contribution is 5.95. The van der Waals surface area contributed by atoms with E-state index in [0.717, 1.165) is 11.3 Å². The van der Waals surface area contributed by atoms with Gasteiger partial charge < -0.3 is 9.64 Å². The van der Waals surface area contributed by atoms with Gasteiger partial charge >= 0.3 is 0 Å². The van der Waals surface area contributed by atoms with Crippen molar-refractivity contribution in [3.05, 3.63) is 17.5 Å². The van der Waals surface area contributed by atoms with E-state index in [1.54, 1.807) is 11.6 Å². The van der Waals surface area contributed by atoms with Gasteiger partial charge in [-0.25, -0.2) is 8.78 Å². The Labute approximate surface area is 122 Å². The summed E-state index contributed by atoms with van der Waals surface area (Å²) >= 11 is 0. The number of carbonyl (C=O) groups excluding carboxylic acids is 1. The Morgan fingerprint density at radius 2 is 2.29 bits per heavy atom. The van der Waals surface area contributed by atoms with E-state index < -0.39 is 25.0 Å². The van der Waals surface area contributed by atoms with Crippen LogP contribution in [0.5, 0.6) is 0 Å². The summed E-state index contributed by atoms with van der Waals surface area (Å²) in [6.07, 6.45) is 2.35. The number of nitrogens with zero attached hydrogens (tertiary/aromatic N) is 3. The van der Waals surface area contributed by atoms with E-state index in [1.807, 2.05) is 13.8 Å². The van der Waals surface area contributed by atoms with Crippen LogP contribution in [0.1, 0.15) is 42.4 Å². The van der Waals surface area contributed by atoms with Crippen molar-refractivity contribution in [3.63, 3.8) is 0 Å². The van der Waals surface area contributed by atoms with Gasteiger partial charge in [0.05, 0.1) is 24.9 Å². The number of aromatic nitrogens is 2. The van der Waals surface area contributed by atoms with E-state index in [-0.39, 0.29) is 19.2 Å². The molecular weight excluding hydrogens is 280 g/mol. The average molecular weight is 301 g/mol. The maximum Gasteiger partial charge on any atom is 0.288 e. The molecule has 0 saturated carbocycles. The normalized spacial score (nSPS) is 20.1. The van der Waals surface area contributed by atoms with Crippen molar-refractivity contribution in [2.24, 2.45) is 0 Å². The van der Waals surface area contributed by atoms with Crippen LogP contribution in [0.3, 0.4) is 0 Å². The summed E-state index contributed by atoms with van der Waals surface area (Å²) in [7, 11) is 0. The van der Waals surface area contributed by atoms with Gasteiger partial charge in [-0.15, -0.1) is 0 Å². The van der Waals surface area contributed by atoms with E-state index in [4.69, 9.17) is 4.74 Å². The van der Waals surface area contributed by atoms with Crippen molar-refractivity contribution in [1.82, 2.24) is 14.7 Å². The second-order valence-corrected chi connectivity index (χ2v) is 5.48. The lowest BCUT2D eigenvalue weighted by Crippen LogP contribution is -2.41. The molecule has 1 saturated heterocycles. The minimum atomic E-state index is -3.01. The Morgan fingerprint density at radius 1 is 1.57 bits per heavy atom. The van der Waals surface area contributed by atoms with Crippen LogP contribution in [0.25, 0.3) is 0 Å². The first-order valence-corrected chi connectivity index (χ1v) is 7.14. The Morgan fingerprint density at radius 3 is 2.95 bits per heavy atom. The van der Waals surface area contributed by atoms with Crippen molar-refractivity contribution in [2.45, 2.75) is 39.2 Å². The molecule has 0 radical (unpaired) electrons. The number of halogens is 2. The zero-order valence-electron chi connectivity index (χ0n) is 12.6. The number of alkyl halides is 2. The van der Waals surface area contributed by atoms with Gasteiger partial charge in [0.1, 0.15) is 6.61 Å². The second kappa shape index (κ2) is 6.09. The van der Waals surface area contributed by atoms with Crippen molar-refractivity contribution in [1.29, 1.82) is 0 Å². The molecule has 0 bridgehead atoms. The van der Waals surface area contributed by atoms with Gasteiger partial charge in [-0.05, 0) is 20.3 Å². The Hall–Kier alpha value is -1.50. The second-order valence-electron chi connectivity index (χ2n) is 5.48. The first-order valence-electron chi connectivity index (χ1n) is 7.14. The first kappa shape index (κ1) is 15.9. The lowest BCUT2D eigenvalue weighted by molar-refractivity contribution is -0.0660. The van der Waals surface area contributed by atoms with Crippen molar-refractivity contribution < 1.29 is 18.3 Å². The molecule has 21 heavy (non-hydrogen) atoms. The molecule has 2 rings (SSSR count). The first-order chi connectivity index (χ1) is 9.85. The van der Waals surface area contributed by atoms with E-state index >= 15 is 0 Å². The molecule has 7 heteroatoms. The molecule has 1 unspecified atom stereocenters. The largest absolute Gasteiger partial charge is 0.373 e. The van der Waals surface area contributed by atoms with E-state index in [2.05, 4.69) is 5.10 Å². The highest BCUT2D eigenvalue weighted by Gasteiger charge is 2.37. The van der Waals surface area contributed by atoms with Crippen LogP contribution < -0.4 is 0 Å². The van der Waals surface area contributed by atoms with Gasteiger partial charge in [0, 0.05) is 18.3 Å². The third-order valence-corrected chi connectivity index (χ3v) is 3.81. The van der Waals surface area contributed by atoms with Crippen LogP contribution in [-0.2, 0) is 4.74 Å². The van der Waals surface area contributed by atoms with Crippen LogP contribution in [-0.4, -0.2) is 52.8 Å². The lowest BCUT2D eigenvalue weighted by Gasteiger charge is -2.23. The summed E-state index contributed by atoms with van der Waals surface area (Å²) in [6, 6.07) is 0.167. The maximum atomic E-state index is 13.5. The topological polar surface area (TPSA) is 47.4 Å². The molecule has 0 spiro atoms. The molecule has 0 N–H and O–H groups in total. The zero-order valence-corrected chi connectivity index (χ0v) is 12.6. The number of hydrogen-bond donors (Lipinski definition) is 0. The fourth-order valence-electron chi connectivity index (χ4n) is 2.39. The number of hydrogen-bond acceptors (Lipinski definition) is 3. The highest BCUT2D eigenvalue weighted by atomic mass is 19.3. The average Bonchev–Trinajstić information content (AvgIpc) is 2.71. The summed E-state index contributed by atoms with van der Waals surface area (Å²) in [5.41, 5.74) is 1.09. The van der Waals surface area contributed by atoms with Gasteiger partial charge in [0.15, 0.2) is 0 Å². The molecule has 1 aromatic rings. The third kappa shape index (κ3) is 3.40. The standard InChI is InChI=1S/C14H21F2N3O2/c1-4-10(2)19-11(3)12(7-17-19)13(20)18-5-6-21-9-14(15,16)8-18/h7,10H,4-6,8-9H2,1-3H3. The Kier molecular flexibility index (Phi) is 4.61. The van der Waals surface area contributed by atoms with Crippen molar-refractivity contribution in [2.75, 3.05) is 26.3 Å². The number of rotatable bonds is 3. The number of amides is 1. The van der Waals surface area contributed by atoms with Gasteiger partial charge in [-0.1, -0.05) is 6.92 Å². The number of ether oxygens (including phenoxy) is 1. The van der Waals surface area contributed by atoms with Gasteiger partial charge in [-0.2, -0.15) is 5.10 Å². The van der Waals surface area contributed by atoms with Crippen molar-refractivity contribution >= 4 is 5.91 Å². The maximum absolute atomic E-state index is 13.5. The van der Waals surface area contributed by atoms with Gasteiger partial charge in [0.25, 0.3) is 11.8 Å². The summed E-state index contributed by atoms with van der Waals surface area (Å²) in [6.45, 7) is 4.87. The monoisotopic (exact) mass is 301 g/mol. The van der Waals surface area contributed by atoms with Gasteiger partial charge in [0.2, 0.25) is 0 Å². The lowest BCUT2D eigenvalue weighted by atomic mass is 10.2. The molecule has 118 valence electrons. The van der Waals surface area contributed by atoms with E-state index in [0.29, 0.717) is 11.3 Å². The molecular formula is C14H21F2N3O2. The number of carbonyl (C=O) groups is 1. The van der Waals surface area contributed by atoms with Crippen LogP contribution in [0.4, 0.5) is 8.78 Å². The molecule has 5 nitrogen and oxygen atoms in total. The summed E-state index contributed by atoms with van der Waals surface area (Å²) in [4.78, 5) is 13.6. The van der Waals surface area contributed by atoms with Crippen LogP contribution in [0.2, 0.25) is 0 Å². The molecule has 1 aliphatic heterocycles. The highest BCUT2D eigenvalue weighted by Crippen LogP contribution is 2.22. The van der Waals surface area contributed by atoms with Crippen molar-refractivity contribution in [3.8, 4) is 0 Å². The fourth-order valence-corrected chi connectivity index (χ4v) is 2.39. The molecule has 1 amide bonds. The molecule has 0 aliphatic carbocycles. The predicted molar refractivity (Wildman–Crippen MR) is 73.6 cm³/mol. The van der Waals surface area contributed by atoms with Crippen LogP contribution in [0, 0.1) is 6.92 Å². The smallest absolute Gasteiger partial charge is 0.288 e. The SMILES string of the molecule is CCC(C)n1ncc(C(=O)N2CCOCC(F)(F)C2)c1C. The van der Waals surface area contributed by atoms with E-state index in [9.17, 15) is 13.6 Å². The summed E-state index contributed by atoms with van der Waals surface area (Å²) < 4.78 is 33.7. The summed E-state index contributed by atoms with van der Waals surface area (Å²) in [5, 5.41) is 4.21. The Bertz CT molecular complexity index is 516. The zero-order chi connectivity index (χ0) is 15.6. The fraction of sp³-hybridized carbons (Fsp3) is 0.714. The summed E-state index contributed by atoms with van der Waals surface area (Å²) in [5.74, 6) is -3.42. The minimum Gasteiger partial charge on any atom is -0.373 e. The molecule has 1 aromatic heterocycles. The predicted octanol–water partition coefficient (Wildman–Crippen LogP) is 2.27. The third-order valence-electron chi connectivity index (χ3n) is 3.81. The molecule has 1 fully saturated rings. The van der Waals surface area contributed by atoms with E-state index in [1.165, 1.54) is 6.20 Å². The molecule has 0 aromatic carbocycles. The van der Waals surface area contributed by atoms with Crippen LogP contribution >= 0.6 is 0 Å². The minimum absolute atomic E-state index is 0.125. The Balaban J connectivity index is 2.21. The van der Waals surface area contributed by atoms with Gasteiger partial charge in [-0.3, -0.25) is 9.48 Å². The quantitative estimate of drug-likeness (QED) is 0.860.